The molecule has 2 fully saturated rings. The van der Waals surface area contributed by atoms with Gasteiger partial charge in [-0.25, -0.2) is 0 Å². The molecule has 124 valence electrons. The Morgan fingerprint density at radius 3 is 2.17 bits per heavy atom. The van der Waals surface area contributed by atoms with Crippen molar-refractivity contribution >= 4 is 30.1 Å². The van der Waals surface area contributed by atoms with Crippen LogP contribution in [-0.4, -0.2) is 29.8 Å². The molecule has 1 aliphatic carbocycles. The molecule has 2 aliphatic rings. The van der Waals surface area contributed by atoms with E-state index in [1.807, 2.05) is 40.7 Å². The summed E-state index contributed by atoms with van der Waals surface area (Å²) in [4.78, 5) is 12.3. The summed E-state index contributed by atoms with van der Waals surface area (Å²) < 4.78 is 12.0. The molecule has 0 bridgehead atoms. The lowest BCUT2D eigenvalue weighted by Gasteiger charge is -2.32. The number of carbonyl (C=O) groups is 1. The van der Waals surface area contributed by atoms with Crippen LogP contribution in [0.4, 0.5) is 0 Å². The number of halogens is 1. The minimum atomic E-state index is -0.476. The molecule has 6 heteroatoms. The molecule has 0 atom stereocenters. The Balaban J connectivity index is 1.79. The summed E-state index contributed by atoms with van der Waals surface area (Å²) in [5.74, 6) is -0.129. The Labute approximate surface area is 143 Å². The maximum absolute atomic E-state index is 12.3. The van der Waals surface area contributed by atoms with Crippen molar-refractivity contribution in [3.63, 3.8) is 0 Å². The molecule has 1 heterocycles. The summed E-state index contributed by atoms with van der Waals surface area (Å²) in [7, 11) is -0.476. The van der Waals surface area contributed by atoms with Crippen LogP contribution in [0.2, 0.25) is 5.02 Å². The van der Waals surface area contributed by atoms with E-state index in [1.54, 1.807) is 12.1 Å². The lowest BCUT2D eigenvalue weighted by molar-refractivity contribution is 0.00578. The normalized spacial score (nSPS) is 23.7. The number of nitrogens with one attached hydrogen (secondary N) is 1. The average molecular weight is 336 g/mol. The van der Waals surface area contributed by atoms with Gasteiger partial charge in [0.1, 0.15) is 0 Å². The van der Waals surface area contributed by atoms with E-state index in [-0.39, 0.29) is 11.4 Å². The first kappa shape index (κ1) is 16.8. The van der Waals surface area contributed by atoms with Crippen molar-refractivity contribution < 1.29 is 14.1 Å². The standard InChI is InChI=1S/C17H23BClNO3/c1-15(2)16(3,4)23-18(22-15)11-6-7-12(13(19)10-11)14(21)20-17(5)8-9-17/h6-7,10H,8-9H2,1-5H3,(H,20,21). The monoisotopic (exact) mass is 335 g/mol. The molecule has 1 aromatic rings. The molecule has 23 heavy (non-hydrogen) atoms. The highest BCUT2D eigenvalue weighted by Gasteiger charge is 2.51. The summed E-state index contributed by atoms with van der Waals surface area (Å²) in [6, 6.07) is 5.34. The molecule has 0 spiro atoms. The van der Waals surface area contributed by atoms with E-state index >= 15 is 0 Å². The smallest absolute Gasteiger partial charge is 0.399 e. The predicted octanol–water partition coefficient (Wildman–Crippen LogP) is 2.92. The van der Waals surface area contributed by atoms with Crippen molar-refractivity contribution in [3.8, 4) is 0 Å². The minimum Gasteiger partial charge on any atom is -0.399 e. The van der Waals surface area contributed by atoms with Gasteiger partial charge in [0, 0.05) is 5.54 Å². The summed E-state index contributed by atoms with van der Waals surface area (Å²) in [6.45, 7) is 10.1. The summed E-state index contributed by atoms with van der Waals surface area (Å²) >= 11 is 6.32. The van der Waals surface area contributed by atoms with Gasteiger partial charge in [0.25, 0.3) is 5.91 Å². The van der Waals surface area contributed by atoms with E-state index in [9.17, 15) is 4.79 Å². The maximum Gasteiger partial charge on any atom is 0.494 e. The first-order valence-electron chi connectivity index (χ1n) is 8.01. The molecule has 1 saturated carbocycles. The molecule has 1 aromatic carbocycles. The van der Waals surface area contributed by atoms with E-state index in [0.717, 1.165) is 18.3 Å². The number of benzene rings is 1. The van der Waals surface area contributed by atoms with Gasteiger partial charge in [0.05, 0.1) is 21.8 Å². The first-order chi connectivity index (χ1) is 10.5. The van der Waals surface area contributed by atoms with E-state index < -0.39 is 18.3 Å². The molecule has 0 radical (unpaired) electrons. The van der Waals surface area contributed by atoms with Crippen molar-refractivity contribution in [2.75, 3.05) is 0 Å². The zero-order valence-electron chi connectivity index (χ0n) is 14.3. The second kappa shape index (κ2) is 5.23. The molecule has 1 amide bonds. The maximum atomic E-state index is 12.3. The number of carbonyl (C=O) groups excluding carboxylic acids is 1. The quantitative estimate of drug-likeness (QED) is 0.864. The SMILES string of the molecule is CC1(NC(=O)c2ccc(B3OC(C)(C)C(C)(C)O3)cc2Cl)CC1. The van der Waals surface area contributed by atoms with Gasteiger partial charge in [-0.15, -0.1) is 0 Å². The van der Waals surface area contributed by atoms with Gasteiger partial charge >= 0.3 is 7.12 Å². The fourth-order valence-corrected chi connectivity index (χ4v) is 2.77. The molecule has 4 nitrogen and oxygen atoms in total. The first-order valence-corrected chi connectivity index (χ1v) is 8.38. The summed E-state index contributed by atoms with van der Waals surface area (Å²) in [5.41, 5.74) is 0.439. The number of amides is 1. The van der Waals surface area contributed by atoms with Crippen LogP contribution in [0, 0.1) is 0 Å². The van der Waals surface area contributed by atoms with E-state index in [4.69, 9.17) is 20.9 Å². The fourth-order valence-electron chi connectivity index (χ4n) is 2.50. The van der Waals surface area contributed by atoms with E-state index in [1.165, 1.54) is 0 Å². The average Bonchev–Trinajstić information content (AvgIpc) is 3.08. The molecular weight excluding hydrogens is 312 g/mol. The molecule has 3 rings (SSSR count). The van der Waals surface area contributed by atoms with Crippen LogP contribution in [0.25, 0.3) is 0 Å². The zero-order valence-corrected chi connectivity index (χ0v) is 15.1. The minimum absolute atomic E-state index is 0.0647. The highest BCUT2D eigenvalue weighted by Crippen LogP contribution is 2.37. The van der Waals surface area contributed by atoms with Crippen LogP contribution >= 0.6 is 11.6 Å². The van der Waals surface area contributed by atoms with E-state index in [0.29, 0.717) is 10.6 Å². The van der Waals surface area contributed by atoms with Crippen molar-refractivity contribution in [2.24, 2.45) is 0 Å². The number of hydrogen-bond acceptors (Lipinski definition) is 3. The lowest BCUT2D eigenvalue weighted by atomic mass is 9.79. The predicted molar refractivity (Wildman–Crippen MR) is 92.3 cm³/mol. The third kappa shape index (κ3) is 3.15. The Morgan fingerprint density at radius 2 is 1.70 bits per heavy atom. The summed E-state index contributed by atoms with van der Waals surface area (Å²) in [6.07, 6.45) is 2.03. The van der Waals surface area contributed by atoms with E-state index in [2.05, 4.69) is 5.32 Å². The van der Waals surface area contributed by atoms with Crippen LogP contribution < -0.4 is 10.8 Å². The third-order valence-corrected chi connectivity index (χ3v) is 5.49. The van der Waals surface area contributed by atoms with Crippen molar-refractivity contribution in [1.82, 2.24) is 5.32 Å². The lowest BCUT2D eigenvalue weighted by Crippen LogP contribution is -2.41. The molecule has 1 aliphatic heterocycles. The van der Waals surface area contributed by atoms with Gasteiger partial charge < -0.3 is 14.6 Å². The van der Waals surface area contributed by atoms with Gasteiger partial charge in [-0.2, -0.15) is 0 Å². The van der Waals surface area contributed by atoms with Gasteiger partial charge in [-0.05, 0) is 65.1 Å². The highest BCUT2D eigenvalue weighted by molar-refractivity contribution is 6.62. The molecule has 1 saturated heterocycles. The van der Waals surface area contributed by atoms with Gasteiger partial charge in [0.15, 0.2) is 0 Å². The summed E-state index contributed by atoms with van der Waals surface area (Å²) in [5, 5.41) is 3.43. The molecule has 0 unspecified atom stereocenters. The van der Waals surface area contributed by atoms with Crippen molar-refractivity contribution in [1.29, 1.82) is 0 Å². The van der Waals surface area contributed by atoms with Crippen molar-refractivity contribution in [3.05, 3.63) is 28.8 Å². The molecule has 1 N–H and O–H groups in total. The van der Waals surface area contributed by atoms with Gasteiger partial charge in [0.2, 0.25) is 0 Å². The number of rotatable bonds is 3. The van der Waals surface area contributed by atoms with Gasteiger partial charge in [-0.1, -0.05) is 17.7 Å². The second-order valence-electron chi connectivity index (χ2n) is 7.84. The molecular formula is C17H23BClNO3. The van der Waals surface area contributed by atoms with Crippen LogP contribution in [0.3, 0.4) is 0 Å². The van der Waals surface area contributed by atoms with Crippen LogP contribution in [0.15, 0.2) is 18.2 Å². The highest BCUT2D eigenvalue weighted by atomic mass is 35.5. The van der Waals surface area contributed by atoms with Crippen LogP contribution in [0.1, 0.15) is 57.8 Å². The third-order valence-electron chi connectivity index (χ3n) is 5.18. The fraction of sp³-hybridized carbons (Fsp3) is 0.588. The Kier molecular flexibility index (Phi) is 3.82. The zero-order chi connectivity index (χ0) is 17.0. The Hall–Kier alpha value is -1.04. The van der Waals surface area contributed by atoms with Crippen molar-refractivity contribution in [2.45, 2.75) is 64.2 Å². The topological polar surface area (TPSA) is 47.6 Å². The number of hydrogen-bond donors (Lipinski definition) is 1. The van der Waals surface area contributed by atoms with Crippen LogP contribution in [-0.2, 0) is 9.31 Å². The van der Waals surface area contributed by atoms with Crippen LogP contribution in [0.5, 0.6) is 0 Å². The molecule has 0 aromatic heterocycles. The Bertz CT molecular complexity index is 639. The second-order valence-corrected chi connectivity index (χ2v) is 8.25. The van der Waals surface area contributed by atoms with Gasteiger partial charge in [-0.3, -0.25) is 4.79 Å². The Morgan fingerprint density at radius 1 is 1.13 bits per heavy atom. The largest absolute Gasteiger partial charge is 0.494 e.